The number of hydrogen-bond acceptors (Lipinski definition) is 5. The van der Waals surface area contributed by atoms with Crippen LogP contribution in [0.15, 0.2) is 101 Å². The average Bonchev–Trinajstić information content (AvgIpc) is 3.44. The van der Waals surface area contributed by atoms with Gasteiger partial charge in [-0.25, -0.2) is 9.67 Å². The van der Waals surface area contributed by atoms with Gasteiger partial charge in [-0.2, -0.15) is 5.10 Å². The molecule has 7 heteroatoms. The molecule has 1 N–H and O–H groups in total. The SMILES string of the molecule is COc1ccc(N=C2NC(=O)SC2=Cc2cn(-c3ccccc3)nc2-c2ccccc2)cc1. The number of amidine groups is 1. The molecule has 1 saturated heterocycles. The van der Waals surface area contributed by atoms with Crippen LogP contribution in [0.3, 0.4) is 0 Å². The highest BCUT2D eigenvalue weighted by atomic mass is 32.2. The quantitative estimate of drug-likeness (QED) is 0.399. The van der Waals surface area contributed by atoms with Crippen LogP contribution in [0.25, 0.3) is 23.0 Å². The second kappa shape index (κ2) is 9.18. The van der Waals surface area contributed by atoms with Crippen LogP contribution in [0.5, 0.6) is 5.75 Å². The fraction of sp³-hybridized carbons (Fsp3) is 0.0385. The van der Waals surface area contributed by atoms with Crippen LogP contribution in [0.2, 0.25) is 0 Å². The van der Waals surface area contributed by atoms with Gasteiger partial charge in [0.25, 0.3) is 5.24 Å². The molecule has 0 aliphatic carbocycles. The van der Waals surface area contributed by atoms with Crippen LogP contribution in [0.4, 0.5) is 10.5 Å². The summed E-state index contributed by atoms with van der Waals surface area (Å²) in [4.78, 5) is 17.6. The van der Waals surface area contributed by atoms with Crippen molar-refractivity contribution in [3.05, 3.63) is 102 Å². The van der Waals surface area contributed by atoms with Gasteiger partial charge >= 0.3 is 0 Å². The maximum atomic E-state index is 12.2. The third-order valence-electron chi connectivity index (χ3n) is 5.07. The van der Waals surface area contributed by atoms with E-state index < -0.39 is 0 Å². The van der Waals surface area contributed by atoms with E-state index in [0.29, 0.717) is 5.84 Å². The number of rotatable bonds is 5. The Kier molecular flexibility index (Phi) is 5.78. The van der Waals surface area contributed by atoms with Gasteiger partial charge in [-0.3, -0.25) is 4.79 Å². The lowest BCUT2D eigenvalue weighted by Crippen LogP contribution is -2.18. The van der Waals surface area contributed by atoms with Gasteiger partial charge in [0.2, 0.25) is 0 Å². The highest BCUT2D eigenvalue weighted by molar-refractivity contribution is 8.18. The molecule has 3 aromatic carbocycles. The summed E-state index contributed by atoms with van der Waals surface area (Å²) in [6.45, 7) is 0. The molecule has 0 radical (unpaired) electrons. The van der Waals surface area contributed by atoms with E-state index in [1.54, 1.807) is 7.11 Å². The van der Waals surface area contributed by atoms with Crippen molar-refractivity contribution in [2.45, 2.75) is 0 Å². The number of amides is 1. The van der Waals surface area contributed by atoms with Crippen LogP contribution in [0.1, 0.15) is 5.56 Å². The molecule has 2 heterocycles. The van der Waals surface area contributed by atoms with Crippen LogP contribution in [0, 0.1) is 0 Å². The second-order valence-corrected chi connectivity index (χ2v) is 8.28. The van der Waals surface area contributed by atoms with E-state index in [2.05, 4.69) is 10.3 Å². The molecule has 0 saturated carbocycles. The standard InChI is InChI=1S/C26H20N4O2S/c1-32-22-14-12-20(13-15-22)27-25-23(33-26(31)28-25)16-19-17-30(21-10-6-3-7-11-21)29-24(19)18-8-4-2-5-9-18/h2-17H,1H3,(H,27,28,31). The molecular formula is C26H20N4O2S. The van der Waals surface area contributed by atoms with Crippen LogP contribution in [-0.4, -0.2) is 28.0 Å². The Hall–Kier alpha value is -4.10. The Bertz CT molecular complexity index is 1340. The number of aromatic nitrogens is 2. The minimum Gasteiger partial charge on any atom is -0.497 e. The summed E-state index contributed by atoms with van der Waals surface area (Å²) >= 11 is 1.12. The second-order valence-electron chi connectivity index (χ2n) is 7.26. The molecule has 1 aliphatic heterocycles. The van der Waals surface area contributed by atoms with E-state index in [1.807, 2.05) is 102 Å². The maximum Gasteiger partial charge on any atom is 0.289 e. The lowest BCUT2D eigenvalue weighted by atomic mass is 10.1. The number of para-hydroxylation sites is 1. The van der Waals surface area contributed by atoms with Crippen molar-refractivity contribution in [2.24, 2.45) is 4.99 Å². The van der Waals surface area contributed by atoms with Crippen LogP contribution >= 0.6 is 11.8 Å². The zero-order chi connectivity index (χ0) is 22.6. The van der Waals surface area contributed by atoms with Crippen molar-refractivity contribution in [3.63, 3.8) is 0 Å². The monoisotopic (exact) mass is 452 g/mol. The third-order valence-corrected chi connectivity index (χ3v) is 5.89. The van der Waals surface area contributed by atoms with E-state index in [1.165, 1.54) is 0 Å². The Labute approximate surface area is 195 Å². The van der Waals surface area contributed by atoms with Crippen molar-refractivity contribution in [1.82, 2.24) is 15.1 Å². The van der Waals surface area contributed by atoms with Gasteiger partial charge in [-0.15, -0.1) is 0 Å². The number of carbonyl (C=O) groups is 1. The van der Waals surface area contributed by atoms with Gasteiger partial charge in [0.05, 0.1) is 29.1 Å². The minimum atomic E-state index is -0.162. The first-order valence-corrected chi connectivity index (χ1v) is 11.2. The number of benzene rings is 3. The largest absolute Gasteiger partial charge is 0.497 e. The van der Waals surface area contributed by atoms with Crippen molar-refractivity contribution >= 4 is 34.6 Å². The number of nitrogens with one attached hydrogen (secondary N) is 1. The molecule has 4 aromatic rings. The van der Waals surface area contributed by atoms with E-state index in [4.69, 9.17) is 9.84 Å². The summed E-state index contributed by atoms with van der Waals surface area (Å²) in [5.74, 6) is 1.27. The molecule has 0 unspecified atom stereocenters. The molecule has 0 bridgehead atoms. The Balaban J connectivity index is 1.58. The Morgan fingerprint density at radius 1 is 0.970 bits per heavy atom. The normalized spacial score (nSPS) is 15.7. The Morgan fingerprint density at radius 2 is 1.67 bits per heavy atom. The summed E-state index contributed by atoms with van der Waals surface area (Å²) in [6.07, 6.45) is 3.93. The first kappa shape index (κ1) is 20.8. The smallest absolute Gasteiger partial charge is 0.289 e. The molecule has 33 heavy (non-hydrogen) atoms. The predicted molar refractivity (Wildman–Crippen MR) is 133 cm³/mol. The number of aliphatic imine (C=N–C) groups is 1. The van der Waals surface area contributed by atoms with Gasteiger partial charge in [-0.1, -0.05) is 48.5 Å². The van der Waals surface area contributed by atoms with Gasteiger partial charge < -0.3 is 10.1 Å². The zero-order valence-corrected chi connectivity index (χ0v) is 18.6. The summed E-state index contributed by atoms with van der Waals surface area (Å²) in [7, 11) is 1.62. The van der Waals surface area contributed by atoms with Gasteiger partial charge in [0.15, 0.2) is 0 Å². The summed E-state index contributed by atoms with van der Waals surface area (Å²) in [5.41, 5.74) is 4.40. The van der Waals surface area contributed by atoms with Crippen molar-refractivity contribution in [2.75, 3.05) is 7.11 Å². The molecule has 1 aliphatic rings. The maximum absolute atomic E-state index is 12.2. The highest BCUT2D eigenvalue weighted by Crippen LogP contribution is 2.32. The van der Waals surface area contributed by atoms with E-state index in [9.17, 15) is 4.79 Å². The van der Waals surface area contributed by atoms with E-state index in [0.717, 1.165) is 50.6 Å². The fourth-order valence-electron chi connectivity index (χ4n) is 3.47. The molecule has 5 rings (SSSR count). The fourth-order valence-corrected chi connectivity index (χ4v) is 4.19. The lowest BCUT2D eigenvalue weighted by Gasteiger charge is -2.02. The van der Waals surface area contributed by atoms with Gasteiger partial charge in [0, 0.05) is 17.3 Å². The minimum absolute atomic E-state index is 0.162. The number of hydrogen-bond donors (Lipinski definition) is 1. The van der Waals surface area contributed by atoms with Gasteiger partial charge in [-0.05, 0) is 54.2 Å². The zero-order valence-electron chi connectivity index (χ0n) is 17.8. The topological polar surface area (TPSA) is 68.5 Å². The summed E-state index contributed by atoms with van der Waals surface area (Å²) in [6, 6.07) is 27.3. The average molecular weight is 453 g/mol. The van der Waals surface area contributed by atoms with Crippen molar-refractivity contribution in [3.8, 4) is 22.7 Å². The number of carbonyl (C=O) groups excluding carboxylic acids is 1. The van der Waals surface area contributed by atoms with E-state index in [-0.39, 0.29) is 5.24 Å². The van der Waals surface area contributed by atoms with Gasteiger partial charge in [0.1, 0.15) is 11.6 Å². The molecule has 1 amide bonds. The third kappa shape index (κ3) is 4.58. The first-order valence-electron chi connectivity index (χ1n) is 10.3. The van der Waals surface area contributed by atoms with Crippen molar-refractivity contribution < 1.29 is 9.53 Å². The van der Waals surface area contributed by atoms with Crippen LogP contribution < -0.4 is 10.1 Å². The molecule has 162 valence electrons. The molecule has 0 spiro atoms. The van der Waals surface area contributed by atoms with Crippen LogP contribution in [-0.2, 0) is 0 Å². The lowest BCUT2D eigenvalue weighted by molar-refractivity contribution is 0.265. The highest BCUT2D eigenvalue weighted by Gasteiger charge is 2.24. The number of methoxy groups -OCH3 is 1. The molecule has 0 atom stereocenters. The number of ether oxygens (including phenoxy) is 1. The summed E-state index contributed by atoms with van der Waals surface area (Å²) in [5, 5.41) is 7.53. The number of nitrogens with zero attached hydrogens (tertiary/aromatic N) is 3. The predicted octanol–water partition coefficient (Wildman–Crippen LogP) is 6.08. The molecular weight excluding hydrogens is 432 g/mol. The first-order chi connectivity index (χ1) is 16.2. The molecule has 6 nitrogen and oxygen atoms in total. The van der Waals surface area contributed by atoms with Crippen molar-refractivity contribution in [1.29, 1.82) is 0 Å². The number of thioether (sulfide) groups is 1. The molecule has 1 aromatic heterocycles. The Morgan fingerprint density at radius 3 is 2.36 bits per heavy atom. The molecule has 1 fully saturated rings. The summed E-state index contributed by atoms with van der Waals surface area (Å²) < 4.78 is 7.06. The van der Waals surface area contributed by atoms with E-state index >= 15 is 0 Å².